The molecule has 0 fully saturated rings. The summed E-state index contributed by atoms with van der Waals surface area (Å²) in [5, 5.41) is 0.454. The Morgan fingerprint density at radius 2 is 1.71 bits per heavy atom. The van der Waals surface area contributed by atoms with Crippen molar-refractivity contribution < 1.29 is 22.3 Å². The molecule has 2 aromatic carbocycles. The van der Waals surface area contributed by atoms with Crippen molar-refractivity contribution in [3.05, 3.63) is 59.0 Å². The Kier molecular flexibility index (Phi) is 4.02. The summed E-state index contributed by atoms with van der Waals surface area (Å²) in [5.74, 6) is 0.734. The molecule has 3 aromatic rings. The summed E-state index contributed by atoms with van der Waals surface area (Å²) in [5.41, 5.74) is -0.746. The van der Waals surface area contributed by atoms with Gasteiger partial charge in [0.05, 0.1) is 19.1 Å². The third-order valence-corrected chi connectivity index (χ3v) is 5.29. The number of methoxy groups -OCH3 is 2. The third-order valence-electron chi connectivity index (χ3n) is 3.55. The molecule has 6 nitrogen and oxygen atoms in total. The van der Waals surface area contributed by atoms with Gasteiger partial charge in [0.15, 0.2) is 16.2 Å². The summed E-state index contributed by atoms with van der Waals surface area (Å²) in [7, 11) is -1.17. The van der Waals surface area contributed by atoms with Crippen molar-refractivity contribution in [1.29, 1.82) is 0 Å². The number of fused-ring (bicyclic) bond motifs is 1. The minimum atomic E-state index is -4.04. The van der Waals surface area contributed by atoms with Crippen LogP contribution >= 0.6 is 0 Å². The molecule has 1 aromatic heterocycles. The van der Waals surface area contributed by atoms with Crippen molar-refractivity contribution in [2.75, 3.05) is 14.2 Å². The average molecular weight is 346 g/mol. The van der Waals surface area contributed by atoms with Crippen LogP contribution in [-0.4, -0.2) is 22.6 Å². The second-order valence-electron chi connectivity index (χ2n) is 4.96. The zero-order valence-corrected chi connectivity index (χ0v) is 13.8. The maximum Gasteiger partial charge on any atom is 0.355 e. The third kappa shape index (κ3) is 2.63. The number of sulfone groups is 1. The van der Waals surface area contributed by atoms with E-state index in [4.69, 9.17) is 13.9 Å². The molecule has 3 rings (SSSR count). The Hall–Kier alpha value is -2.80. The summed E-state index contributed by atoms with van der Waals surface area (Å²) in [6.45, 7) is 0. The van der Waals surface area contributed by atoms with Crippen LogP contribution in [0.2, 0.25) is 0 Å². The minimum Gasteiger partial charge on any atom is -0.497 e. The van der Waals surface area contributed by atoms with E-state index >= 15 is 0 Å². The Labute approximate surface area is 138 Å². The van der Waals surface area contributed by atoms with Crippen molar-refractivity contribution in [3.8, 4) is 11.5 Å². The first-order valence-corrected chi connectivity index (χ1v) is 8.45. The van der Waals surface area contributed by atoms with Gasteiger partial charge in [0.2, 0.25) is 9.84 Å². The lowest BCUT2D eigenvalue weighted by molar-refractivity contribution is 0.405. The Morgan fingerprint density at radius 3 is 2.42 bits per heavy atom. The smallest absolute Gasteiger partial charge is 0.355 e. The summed E-state index contributed by atoms with van der Waals surface area (Å²) in [6.07, 6.45) is 0. The fraction of sp³-hybridized carbons (Fsp3) is 0.118. The molecule has 0 radical (unpaired) electrons. The second kappa shape index (κ2) is 6.01. The lowest BCUT2D eigenvalue weighted by atomic mass is 10.2. The topological polar surface area (TPSA) is 82.8 Å². The van der Waals surface area contributed by atoms with Gasteiger partial charge in [-0.1, -0.05) is 18.2 Å². The molecule has 0 aliphatic carbocycles. The summed E-state index contributed by atoms with van der Waals surface area (Å²) in [6, 6.07) is 12.1. The first-order chi connectivity index (χ1) is 11.5. The molecule has 7 heteroatoms. The second-order valence-corrected chi connectivity index (χ2v) is 6.88. The van der Waals surface area contributed by atoms with Crippen molar-refractivity contribution in [3.63, 3.8) is 0 Å². The number of ether oxygens (including phenoxy) is 2. The molecule has 0 spiro atoms. The molecule has 0 N–H and O–H groups in total. The molecule has 0 saturated carbocycles. The van der Waals surface area contributed by atoms with Gasteiger partial charge in [0.25, 0.3) is 0 Å². The molecule has 0 amide bonds. The van der Waals surface area contributed by atoms with E-state index < -0.39 is 20.4 Å². The summed E-state index contributed by atoms with van der Waals surface area (Å²) >= 11 is 0. The number of hydrogen-bond acceptors (Lipinski definition) is 6. The molecule has 0 bridgehead atoms. The fourth-order valence-electron chi connectivity index (χ4n) is 2.34. The van der Waals surface area contributed by atoms with Crippen LogP contribution in [0.4, 0.5) is 0 Å². The largest absolute Gasteiger partial charge is 0.497 e. The first kappa shape index (κ1) is 16.1. The molecule has 1 heterocycles. The lowest BCUT2D eigenvalue weighted by Gasteiger charge is -2.08. The zero-order chi connectivity index (χ0) is 17.3. The van der Waals surface area contributed by atoms with E-state index in [1.165, 1.54) is 38.5 Å². The van der Waals surface area contributed by atoms with Gasteiger partial charge in [-0.2, -0.15) is 0 Å². The molecule has 0 aliphatic heterocycles. The van der Waals surface area contributed by atoms with Gasteiger partial charge in [-0.3, -0.25) is 0 Å². The highest BCUT2D eigenvalue weighted by atomic mass is 32.2. The van der Waals surface area contributed by atoms with Gasteiger partial charge in [0.1, 0.15) is 5.75 Å². The summed E-state index contributed by atoms with van der Waals surface area (Å²) in [4.78, 5) is 11.8. The Balaban J connectivity index is 2.25. The van der Waals surface area contributed by atoms with E-state index in [0.717, 1.165) is 0 Å². The molecule has 0 saturated heterocycles. The highest BCUT2D eigenvalue weighted by Crippen LogP contribution is 2.28. The van der Waals surface area contributed by atoms with Gasteiger partial charge >= 0.3 is 5.63 Å². The van der Waals surface area contributed by atoms with Crippen molar-refractivity contribution in [2.45, 2.75) is 9.79 Å². The van der Waals surface area contributed by atoms with Gasteiger partial charge < -0.3 is 13.9 Å². The van der Waals surface area contributed by atoms with Gasteiger partial charge in [0, 0.05) is 5.39 Å². The van der Waals surface area contributed by atoms with Crippen LogP contribution in [-0.2, 0) is 9.84 Å². The number of rotatable bonds is 4. The number of hydrogen-bond donors (Lipinski definition) is 0. The SMILES string of the molecule is COc1cccc(S(=O)(=O)c2cc3cccc(OC)c3oc2=O)c1. The predicted octanol–water partition coefficient (Wildman–Crippen LogP) is 2.64. The van der Waals surface area contributed by atoms with Crippen molar-refractivity contribution in [1.82, 2.24) is 0 Å². The molecule has 0 atom stereocenters. The van der Waals surface area contributed by atoms with Crippen LogP contribution in [0.15, 0.2) is 67.5 Å². The van der Waals surface area contributed by atoms with Crippen LogP contribution in [0.25, 0.3) is 11.0 Å². The molecular weight excluding hydrogens is 332 g/mol. The average Bonchev–Trinajstić information content (AvgIpc) is 2.60. The molecule has 0 aliphatic rings. The highest BCUT2D eigenvalue weighted by molar-refractivity contribution is 7.91. The quantitative estimate of drug-likeness (QED) is 0.676. The maximum absolute atomic E-state index is 12.8. The van der Waals surface area contributed by atoms with E-state index in [1.54, 1.807) is 24.3 Å². The van der Waals surface area contributed by atoms with Crippen molar-refractivity contribution >= 4 is 20.8 Å². The molecule has 0 unspecified atom stereocenters. The lowest BCUT2D eigenvalue weighted by Crippen LogP contribution is -2.14. The number of para-hydroxylation sites is 1. The molecule has 24 heavy (non-hydrogen) atoms. The van der Waals surface area contributed by atoms with Crippen molar-refractivity contribution in [2.24, 2.45) is 0 Å². The molecular formula is C17H14O6S. The Bertz CT molecular complexity index is 1070. The van der Waals surface area contributed by atoms with E-state index in [-0.39, 0.29) is 10.5 Å². The van der Waals surface area contributed by atoms with E-state index in [2.05, 4.69) is 0 Å². The van der Waals surface area contributed by atoms with Gasteiger partial charge in [-0.15, -0.1) is 0 Å². The molecule has 124 valence electrons. The predicted molar refractivity (Wildman–Crippen MR) is 87.5 cm³/mol. The number of benzene rings is 2. The van der Waals surface area contributed by atoms with E-state index in [0.29, 0.717) is 16.9 Å². The zero-order valence-electron chi connectivity index (χ0n) is 13.0. The summed E-state index contributed by atoms with van der Waals surface area (Å²) < 4.78 is 40.9. The van der Waals surface area contributed by atoms with Gasteiger partial charge in [-0.25, -0.2) is 13.2 Å². The highest BCUT2D eigenvalue weighted by Gasteiger charge is 2.24. The Morgan fingerprint density at radius 1 is 0.958 bits per heavy atom. The minimum absolute atomic E-state index is 0.0450. The van der Waals surface area contributed by atoms with Crippen LogP contribution in [0.1, 0.15) is 0 Å². The maximum atomic E-state index is 12.8. The van der Waals surface area contributed by atoms with Crippen LogP contribution in [0.3, 0.4) is 0 Å². The first-order valence-electron chi connectivity index (χ1n) is 6.97. The normalized spacial score (nSPS) is 11.4. The monoisotopic (exact) mass is 346 g/mol. The van der Waals surface area contributed by atoms with Crippen LogP contribution in [0.5, 0.6) is 11.5 Å². The standard InChI is InChI=1S/C17H14O6S/c1-21-12-6-4-7-13(10-12)24(19,20)15-9-11-5-3-8-14(22-2)16(11)23-17(15)18/h3-10H,1-2H3. The van der Waals surface area contributed by atoms with Crippen LogP contribution in [0, 0.1) is 0 Å². The van der Waals surface area contributed by atoms with E-state index in [9.17, 15) is 13.2 Å². The fourth-order valence-corrected chi connectivity index (χ4v) is 3.67. The van der Waals surface area contributed by atoms with Gasteiger partial charge in [-0.05, 0) is 30.3 Å². The van der Waals surface area contributed by atoms with E-state index in [1.807, 2.05) is 0 Å². The van der Waals surface area contributed by atoms with Crippen LogP contribution < -0.4 is 15.1 Å².